The lowest BCUT2D eigenvalue weighted by atomic mass is 9.98. The Morgan fingerprint density at radius 3 is 2.23 bits per heavy atom. The van der Waals surface area contributed by atoms with E-state index in [1.165, 1.54) is 30.3 Å². The minimum absolute atomic E-state index is 0.0341. The van der Waals surface area contributed by atoms with Gasteiger partial charge in [0.05, 0.1) is 6.42 Å². The number of carbonyl (C=O) groups excluding carboxylic acids is 1. The quantitative estimate of drug-likeness (QED) is 0.674. The van der Waals surface area contributed by atoms with Gasteiger partial charge in [0.1, 0.15) is 11.6 Å². The van der Waals surface area contributed by atoms with Crippen LogP contribution in [-0.4, -0.2) is 16.9 Å². The normalized spacial score (nSPS) is 10.3. The Morgan fingerprint density at radius 1 is 1.05 bits per heavy atom. The van der Waals surface area contributed by atoms with Crippen molar-refractivity contribution < 1.29 is 23.5 Å². The molecule has 112 valence electrons. The molecule has 2 rings (SSSR count). The summed E-state index contributed by atoms with van der Waals surface area (Å²) in [5.74, 6) is -2.98. The second-order valence-electron chi connectivity index (χ2n) is 4.70. The fourth-order valence-electron chi connectivity index (χ4n) is 1.99. The van der Waals surface area contributed by atoms with Crippen molar-refractivity contribution in [3.63, 3.8) is 0 Å². The van der Waals surface area contributed by atoms with Gasteiger partial charge in [0.25, 0.3) is 0 Å². The molecule has 0 saturated carbocycles. The van der Waals surface area contributed by atoms with Gasteiger partial charge in [-0.2, -0.15) is 0 Å². The molecule has 0 heterocycles. The van der Waals surface area contributed by atoms with Crippen LogP contribution in [0.2, 0.25) is 0 Å². The lowest BCUT2D eigenvalue weighted by Crippen LogP contribution is -2.07. The molecular weight excluding hydrogens is 290 g/mol. The van der Waals surface area contributed by atoms with Crippen LogP contribution in [0, 0.1) is 11.6 Å². The van der Waals surface area contributed by atoms with Crippen LogP contribution in [0.15, 0.2) is 54.6 Å². The molecule has 0 aliphatic heterocycles. The minimum Gasteiger partial charge on any atom is -0.481 e. The van der Waals surface area contributed by atoms with Crippen LogP contribution in [0.4, 0.5) is 8.78 Å². The summed E-state index contributed by atoms with van der Waals surface area (Å²) < 4.78 is 26.6. The van der Waals surface area contributed by atoms with Gasteiger partial charge in [0, 0.05) is 22.8 Å². The number of rotatable bonds is 5. The summed E-state index contributed by atoms with van der Waals surface area (Å²) >= 11 is 0. The van der Waals surface area contributed by atoms with Crippen molar-refractivity contribution in [3.8, 4) is 11.1 Å². The number of ketones is 1. The highest BCUT2D eigenvalue weighted by Crippen LogP contribution is 2.24. The summed E-state index contributed by atoms with van der Waals surface area (Å²) in [6.45, 7) is 3.44. The zero-order valence-electron chi connectivity index (χ0n) is 11.5. The van der Waals surface area contributed by atoms with E-state index in [1.54, 1.807) is 0 Å². The standard InChI is InChI=1S/C17H12F2O3/c1-10(8-16(20)21)17(22)12-4-2-11(3-5-12)14-7-6-13(18)9-15(14)19/h2-7,9H,1,8H2,(H,20,21). The van der Waals surface area contributed by atoms with Crippen molar-refractivity contribution in [2.75, 3.05) is 0 Å². The van der Waals surface area contributed by atoms with E-state index in [2.05, 4.69) is 6.58 Å². The van der Waals surface area contributed by atoms with Crippen LogP contribution in [0.1, 0.15) is 16.8 Å². The number of carboxylic acid groups (broad SMARTS) is 1. The van der Waals surface area contributed by atoms with Crippen LogP contribution in [0.3, 0.4) is 0 Å². The average Bonchev–Trinajstić information content (AvgIpc) is 2.46. The molecule has 0 aromatic heterocycles. The first kappa shape index (κ1) is 15.6. The third-order valence-corrected chi connectivity index (χ3v) is 3.07. The van der Waals surface area contributed by atoms with E-state index in [9.17, 15) is 18.4 Å². The smallest absolute Gasteiger partial charge is 0.307 e. The van der Waals surface area contributed by atoms with Gasteiger partial charge in [0.15, 0.2) is 5.78 Å². The molecule has 1 N–H and O–H groups in total. The first-order valence-corrected chi connectivity index (χ1v) is 6.38. The van der Waals surface area contributed by atoms with Gasteiger partial charge in [0.2, 0.25) is 0 Å². The molecule has 0 spiro atoms. The molecule has 0 saturated heterocycles. The molecule has 0 amide bonds. The lowest BCUT2D eigenvalue weighted by Gasteiger charge is -2.06. The van der Waals surface area contributed by atoms with E-state index in [0.29, 0.717) is 5.56 Å². The maximum absolute atomic E-state index is 13.7. The number of Topliss-reactive ketones (excluding diaryl/α,β-unsaturated/α-hetero) is 1. The number of hydrogen-bond acceptors (Lipinski definition) is 2. The second-order valence-corrected chi connectivity index (χ2v) is 4.70. The SMILES string of the molecule is C=C(CC(=O)O)C(=O)c1ccc(-c2ccc(F)cc2F)cc1. The van der Waals surface area contributed by atoms with Crippen molar-refractivity contribution in [1.29, 1.82) is 0 Å². The molecule has 0 atom stereocenters. The molecule has 5 heteroatoms. The molecule has 3 nitrogen and oxygen atoms in total. The molecule has 2 aromatic rings. The Labute approximate surface area is 125 Å². The number of carboxylic acids is 1. The van der Waals surface area contributed by atoms with Gasteiger partial charge in [-0.1, -0.05) is 30.8 Å². The fraction of sp³-hybridized carbons (Fsp3) is 0.0588. The van der Waals surface area contributed by atoms with E-state index in [1.807, 2.05) is 0 Å². The van der Waals surface area contributed by atoms with Gasteiger partial charge in [-0.05, 0) is 17.7 Å². The van der Waals surface area contributed by atoms with Crippen molar-refractivity contribution in [2.45, 2.75) is 6.42 Å². The lowest BCUT2D eigenvalue weighted by molar-refractivity contribution is -0.136. The largest absolute Gasteiger partial charge is 0.481 e. The van der Waals surface area contributed by atoms with Gasteiger partial charge in [-0.25, -0.2) is 8.78 Å². The van der Waals surface area contributed by atoms with Gasteiger partial charge in [-0.3, -0.25) is 9.59 Å². The van der Waals surface area contributed by atoms with Crippen LogP contribution in [-0.2, 0) is 4.79 Å². The number of carbonyl (C=O) groups is 2. The van der Waals surface area contributed by atoms with Crippen LogP contribution in [0.5, 0.6) is 0 Å². The first-order valence-electron chi connectivity index (χ1n) is 6.38. The van der Waals surface area contributed by atoms with E-state index >= 15 is 0 Å². The minimum atomic E-state index is -1.14. The molecule has 0 unspecified atom stereocenters. The molecule has 0 radical (unpaired) electrons. The molecule has 0 fully saturated rings. The van der Waals surface area contributed by atoms with Gasteiger partial charge < -0.3 is 5.11 Å². The number of halogens is 2. The first-order chi connectivity index (χ1) is 10.4. The Balaban J connectivity index is 2.25. The topological polar surface area (TPSA) is 54.4 Å². The van der Waals surface area contributed by atoms with Crippen molar-refractivity contribution >= 4 is 11.8 Å². The Kier molecular flexibility index (Phi) is 4.46. The molecule has 0 aliphatic rings. The molecule has 0 bridgehead atoms. The van der Waals surface area contributed by atoms with E-state index in [-0.39, 0.29) is 16.7 Å². The maximum atomic E-state index is 13.7. The summed E-state index contributed by atoms with van der Waals surface area (Å²) in [6, 6.07) is 9.16. The third kappa shape index (κ3) is 3.44. The van der Waals surface area contributed by atoms with Crippen molar-refractivity contribution in [1.82, 2.24) is 0 Å². The summed E-state index contributed by atoms with van der Waals surface area (Å²) in [5.41, 5.74) is 0.924. The Morgan fingerprint density at radius 2 is 1.68 bits per heavy atom. The number of benzene rings is 2. The summed E-state index contributed by atoms with van der Waals surface area (Å²) in [6.07, 6.45) is -0.437. The summed E-state index contributed by atoms with van der Waals surface area (Å²) in [5, 5.41) is 8.64. The third-order valence-electron chi connectivity index (χ3n) is 3.07. The molecule has 22 heavy (non-hydrogen) atoms. The molecule has 2 aromatic carbocycles. The Bertz CT molecular complexity index is 749. The van der Waals surface area contributed by atoms with E-state index in [4.69, 9.17) is 5.11 Å². The highest BCUT2D eigenvalue weighted by Gasteiger charge is 2.14. The van der Waals surface area contributed by atoms with Crippen LogP contribution >= 0.6 is 0 Å². The van der Waals surface area contributed by atoms with Crippen molar-refractivity contribution in [2.24, 2.45) is 0 Å². The number of aliphatic carboxylic acids is 1. The monoisotopic (exact) mass is 302 g/mol. The fourth-order valence-corrected chi connectivity index (χ4v) is 1.99. The summed E-state index contributed by atoms with van der Waals surface area (Å²) in [4.78, 5) is 22.5. The van der Waals surface area contributed by atoms with Crippen molar-refractivity contribution in [3.05, 3.63) is 71.8 Å². The highest BCUT2D eigenvalue weighted by molar-refractivity contribution is 6.10. The maximum Gasteiger partial charge on any atom is 0.307 e. The molecule has 0 aliphatic carbocycles. The van der Waals surface area contributed by atoms with E-state index < -0.39 is 29.8 Å². The highest BCUT2D eigenvalue weighted by atomic mass is 19.1. The Hall–Kier alpha value is -2.82. The second kappa shape index (κ2) is 6.30. The predicted molar refractivity (Wildman–Crippen MR) is 77.5 cm³/mol. The molecular formula is C17H12F2O3. The zero-order chi connectivity index (χ0) is 16.3. The van der Waals surface area contributed by atoms with Gasteiger partial charge >= 0.3 is 5.97 Å². The van der Waals surface area contributed by atoms with Crippen LogP contribution in [0.25, 0.3) is 11.1 Å². The predicted octanol–water partition coefficient (Wildman–Crippen LogP) is 3.85. The zero-order valence-corrected chi connectivity index (χ0v) is 11.5. The van der Waals surface area contributed by atoms with Gasteiger partial charge in [-0.15, -0.1) is 0 Å². The number of hydrogen-bond donors (Lipinski definition) is 1. The summed E-state index contributed by atoms with van der Waals surface area (Å²) in [7, 11) is 0. The van der Waals surface area contributed by atoms with Crippen LogP contribution < -0.4 is 0 Å². The van der Waals surface area contributed by atoms with E-state index in [0.717, 1.165) is 12.1 Å². The average molecular weight is 302 g/mol.